The number of aromatic nitrogens is 1. The number of amides is 1. The predicted molar refractivity (Wildman–Crippen MR) is 119 cm³/mol. The fourth-order valence-corrected chi connectivity index (χ4v) is 4.50. The molecule has 0 unspecified atom stereocenters. The van der Waals surface area contributed by atoms with Gasteiger partial charge < -0.3 is 15.1 Å². The highest BCUT2D eigenvalue weighted by Crippen LogP contribution is 2.25. The first-order chi connectivity index (χ1) is 14.1. The topological polar surface area (TPSA) is 48.5 Å². The highest BCUT2D eigenvalue weighted by Gasteiger charge is 2.21. The maximum Gasteiger partial charge on any atom is 0.270 e. The number of carbonyl (C=O) groups excluding carboxylic acids is 1. The van der Waals surface area contributed by atoms with Gasteiger partial charge in [0.25, 0.3) is 5.91 Å². The third kappa shape index (κ3) is 4.55. The average Bonchev–Trinajstić information content (AvgIpc) is 2.77. The zero-order valence-corrected chi connectivity index (χ0v) is 17.7. The van der Waals surface area contributed by atoms with E-state index in [9.17, 15) is 4.79 Å². The van der Waals surface area contributed by atoms with Crippen LogP contribution in [-0.4, -0.2) is 43.1 Å². The number of anilines is 2. The molecule has 2 fully saturated rings. The molecule has 1 saturated carbocycles. The molecule has 154 valence electrons. The number of benzene rings is 1. The lowest BCUT2D eigenvalue weighted by atomic mass is 9.95. The van der Waals surface area contributed by atoms with Gasteiger partial charge in [-0.05, 0) is 56.0 Å². The number of piperazine rings is 1. The molecule has 0 spiro atoms. The van der Waals surface area contributed by atoms with Gasteiger partial charge in [0.2, 0.25) is 0 Å². The van der Waals surface area contributed by atoms with Crippen LogP contribution in [0.3, 0.4) is 0 Å². The summed E-state index contributed by atoms with van der Waals surface area (Å²) in [5, 5.41) is 3.15. The number of hydrogen-bond acceptors (Lipinski definition) is 4. The number of carbonyl (C=O) groups is 1. The lowest BCUT2D eigenvalue weighted by molar-refractivity contribution is 0.0922. The molecule has 1 saturated heterocycles. The Balaban J connectivity index is 1.34. The van der Waals surface area contributed by atoms with Crippen molar-refractivity contribution >= 4 is 17.3 Å². The largest absolute Gasteiger partial charge is 0.368 e. The minimum absolute atomic E-state index is 0.0387. The molecule has 5 nitrogen and oxygen atoms in total. The molecule has 1 aromatic carbocycles. The Labute approximate surface area is 174 Å². The summed E-state index contributed by atoms with van der Waals surface area (Å²) in [5.74, 6) is -0.0387. The highest BCUT2D eigenvalue weighted by atomic mass is 16.1. The molecule has 1 aliphatic carbocycles. The Morgan fingerprint density at radius 1 is 0.966 bits per heavy atom. The van der Waals surface area contributed by atoms with Gasteiger partial charge in [0.15, 0.2) is 0 Å². The van der Waals surface area contributed by atoms with Crippen molar-refractivity contribution in [1.82, 2.24) is 10.3 Å². The van der Waals surface area contributed by atoms with Gasteiger partial charge in [0, 0.05) is 37.9 Å². The zero-order valence-electron chi connectivity index (χ0n) is 17.7. The van der Waals surface area contributed by atoms with Gasteiger partial charge in [-0.3, -0.25) is 4.79 Å². The quantitative estimate of drug-likeness (QED) is 0.851. The van der Waals surface area contributed by atoms with Crippen LogP contribution < -0.4 is 15.1 Å². The third-order valence-electron chi connectivity index (χ3n) is 6.48. The van der Waals surface area contributed by atoms with Crippen LogP contribution in [0.15, 0.2) is 36.5 Å². The predicted octanol–water partition coefficient (Wildman–Crippen LogP) is 4.09. The molecule has 0 atom stereocenters. The SMILES string of the molecule is Cc1cccc(N2CCN(c3ccc(C(=O)NC4CCCCC4)nc3)CC2)c1C. The summed E-state index contributed by atoms with van der Waals surface area (Å²) in [6.45, 7) is 8.29. The lowest BCUT2D eigenvalue weighted by Gasteiger charge is -2.38. The van der Waals surface area contributed by atoms with E-state index < -0.39 is 0 Å². The molecule has 1 aliphatic heterocycles. The molecule has 1 N–H and O–H groups in total. The molecular weight excluding hydrogens is 360 g/mol. The first-order valence-electron chi connectivity index (χ1n) is 10.9. The Bertz CT molecular complexity index is 834. The molecule has 29 heavy (non-hydrogen) atoms. The van der Waals surface area contributed by atoms with Gasteiger partial charge in [-0.15, -0.1) is 0 Å². The van der Waals surface area contributed by atoms with E-state index in [2.05, 4.69) is 52.1 Å². The van der Waals surface area contributed by atoms with E-state index in [1.807, 2.05) is 18.3 Å². The maximum absolute atomic E-state index is 12.5. The van der Waals surface area contributed by atoms with Gasteiger partial charge in [-0.1, -0.05) is 31.4 Å². The van der Waals surface area contributed by atoms with E-state index in [0.717, 1.165) is 44.7 Å². The summed E-state index contributed by atoms with van der Waals surface area (Å²) in [6, 6.07) is 10.8. The standard InChI is InChI=1S/C24H32N4O/c1-18-7-6-10-23(19(18)2)28-15-13-27(14-16-28)21-11-12-22(25-17-21)24(29)26-20-8-4-3-5-9-20/h6-7,10-12,17,20H,3-5,8-9,13-16H2,1-2H3,(H,26,29). The van der Waals surface area contributed by atoms with E-state index >= 15 is 0 Å². The van der Waals surface area contributed by atoms with Crippen molar-refractivity contribution in [3.8, 4) is 0 Å². The van der Waals surface area contributed by atoms with Crippen molar-refractivity contribution < 1.29 is 4.79 Å². The van der Waals surface area contributed by atoms with E-state index in [4.69, 9.17) is 0 Å². The van der Waals surface area contributed by atoms with Crippen LogP contribution in [0.5, 0.6) is 0 Å². The smallest absolute Gasteiger partial charge is 0.270 e. The number of nitrogens with one attached hydrogen (secondary N) is 1. The van der Waals surface area contributed by atoms with E-state index in [1.54, 1.807) is 0 Å². The van der Waals surface area contributed by atoms with Crippen LogP contribution in [0.4, 0.5) is 11.4 Å². The number of nitrogens with zero attached hydrogens (tertiary/aromatic N) is 3. The molecule has 5 heteroatoms. The van der Waals surface area contributed by atoms with Crippen molar-refractivity contribution in [2.45, 2.75) is 52.0 Å². The highest BCUT2D eigenvalue weighted by molar-refractivity contribution is 5.92. The van der Waals surface area contributed by atoms with Crippen LogP contribution in [0.1, 0.15) is 53.7 Å². The van der Waals surface area contributed by atoms with Gasteiger partial charge >= 0.3 is 0 Å². The van der Waals surface area contributed by atoms with Crippen molar-refractivity contribution in [2.75, 3.05) is 36.0 Å². The first-order valence-corrected chi connectivity index (χ1v) is 10.9. The fraction of sp³-hybridized carbons (Fsp3) is 0.500. The normalized spacial score (nSPS) is 18.0. The second-order valence-electron chi connectivity index (χ2n) is 8.40. The van der Waals surface area contributed by atoms with Crippen LogP contribution in [0.2, 0.25) is 0 Å². The summed E-state index contributed by atoms with van der Waals surface area (Å²) >= 11 is 0. The molecule has 4 rings (SSSR count). The van der Waals surface area contributed by atoms with Crippen molar-refractivity contribution in [1.29, 1.82) is 0 Å². The second-order valence-corrected chi connectivity index (χ2v) is 8.40. The summed E-state index contributed by atoms with van der Waals surface area (Å²) in [7, 11) is 0. The number of rotatable bonds is 4. The Hall–Kier alpha value is -2.56. The summed E-state index contributed by atoms with van der Waals surface area (Å²) in [5.41, 5.74) is 5.68. The maximum atomic E-state index is 12.5. The Morgan fingerprint density at radius 3 is 2.38 bits per heavy atom. The number of pyridine rings is 1. The average molecular weight is 393 g/mol. The molecule has 0 bridgehead atoms. The summed E-state index contributed by atoms with van der Waals surface area (Å²) in [4.78, 5) is 21.7. The Kier molecular flexibility index (Phi) is 6.02. The molecule has 1 aromatic heterocycles. The molecule has 2 aliphatic rings. The van der Waals surface area contributed by atoms with E-state index in [0.29, 0.717) is 11.7 Å². The first kappa shape index (κ1) is 19.7. The molecule has 2 aromatic rings. The van der Waals surface area contributed by atoms with Crippen LogP contribution in [0, 0.1) is 13.8 Å². The molecule has 0 radical (unpaired) electrons. The van der Waals surface area contributed by atoms with E-state index in [1.165, 1.54) is 36.1 Å². The van der Waals surface area contributed by atoms with Crippen LogP contribution in [0.25, 0.3) is 0 Å². The minimum atomic E-state index is -0.0387. The molecular formula is C24H32N4O. The molecule has 1 amide bonds. The summed E-state index contributed by atoms with van der Waals surface area (Å²) < 4.78 is 0. The van der Waals surface area contributed by atoms with Crippen molar-refractivity contribution in [2.24, 2.45) is 0 Å². The minimum Gasteiger partial charge on any atom is -0.368 e. The fourth-order valence-electron chi connectivity index (χ4n) is 4.50. The van der Waals surface area contributed by atoms with Crippen molar-refractivity contribution in [3.63, 3.8) is 0 Å². The molecule has 2 heterocycles. The van der Waals surface area contributed by atoms with E-state index in [-0.39, 0.29) is 5.91 Å². The third-order valence-corrected chi connectivity index (χ3v) is 6.48. The van der Waals surface area contributed by atoms with Crippen LogP contribution in [-0.2, 0) is 0 Å². The second kappa shape index (κ2) is 8.85. The summed E-state index contributed by atoms with van der Waals surface area (Å²) in [6.07, 6.45) is 7.75. The van der Waals surface area contributed by atoms with Gasteiger partial charge in [-0.2, -0.15) is 0 Å². The van der Waals surface area contributed by atoms with Crippen molar-refractivity contribution in [3.05, 3.63) is 53.3 Å². The number of hydrogen-bond donors (Lipinski definition) is 1. The number of aryl methyl sites for hydroxylation is 1. The van der Waals surface area contributed by atoms with Crippen LogP contribution >= 0.6 is 0 Å². The lowest BCUT2D eigenvalue weighted by Crippen LogP contribution is -2.46. The zero-order chi connectivity index (χ0) is 20.2. The Morgan fingerprint density at radius 2 is 1.69 bits per heavy atom. The van der Waals surface area contributed by atoms with Gasteiger partial charge in [0.1, 0.15) is 5.69 Å². The van der Waals surface area contributed by atoms with Gasteiger partial charge in [-0.25, -0.2) is 4.98 Å². The van der Waals surface area contributed by atoms with Gasteiger partial charge in [0.05, 0.1) is 11.9 Å². The monoisotopic (exact) mass is 392 g/mol.